The lowest BCUT2D eigenvalue weighted by Crippen LogP contribution is -1.89. The van der Waals surface area contributed by atoms with E-state index < -0.39 is 0 Å². The van der Waals surface area contributed by atoms with Gasteiger partial charge >= 0.3 is 0 Å². The topological polar surface area (TPSA) is 110 Å². The molecule has 0 radical (unpaired) electrons. The molecule has 0 aliphatic carbocycles. The summed E-state index contributed by atoms with van der Waals surface area (Å²) in [6, 6.07) is 9.61. The van der Waals surface area contributed by atoms with Crippen molar-refractivity contribution in [2.24, 2.45) is 0 Å². The van der Waals surface area contributed by atoms with E-state index in [1.54, 1.807) is 24.1 Å². The Morgan fingerprint density at radius 2 is 2.00 bits per heavy atom. The van der Waals surface area contributed by atoms with Gasteiger partial charge < -0.3 is 4.74 Å². The first kappa shape index (κ1) is 13.7. The molecule has 0 atom stereocenters. The quantitative estimate of drug-likeness (QED) is 0.523. The molecule has 0 aliphatic rings. The lowest BCUT2D eigenvalue weighted by atomic mass is 10.1. The number of methoxy groups -OCH3 is 1. The molecule has 4 aromatic heterocycles. The van der Waals surface area contributed by atoms with Gasteiger partial charge in [-0.15, -0.1) is 5.10 Å². The lowest BCUT2D eigenvalue weighted by molar-refractivity contribution is 0.415. The highest BCUT2D eigenvalue weighted by Gasteiger charge is 2.13. The summed E-state index contributed by atoms with van der Waals surface area (Å²) < 4.78 is 6.80. The van der Waals surface area contributed by atoms with Gasteiger partial charge in [0, 0.05) is 5.56 Å². The number of aromatic nitrogens is 8. The van der Waals surface area contributed by atoms with E-state index in [-0.39, 0.29) is 0 Å². The van der Waals surface area contributed by atoms with Crippen LogP contribution in [0.4, 0.5) is 0 Å². The van der Waals surface area contributed by atoms with E-state index in [0.717, 1.165) is 28.1 Å². The number of fused-ring (bicyclic) bond motifs is 3. The van der Waals surface area contributed by atoms with Crippen LogP contribution in [0, 0.1) is 0 Å². The minimum absolute atomic E-state index is 0.544. The van der Waals surface area contributed by atoms with Crippen LogP contribution < -0.4 is 4.74 Å². The number of hydrogen-bond donors (Lipinski definition) is 2. The maximum Gasteiger partial charge on any atom is 0.200 e. The largest absolute Gasteiger partial charge is 0.497 e. The maximum atomic E-state index is 5.18. The number of benzene rings is 1. The zero-order chi connectivity index (χ0) is 16.8. The number of H-pyrrole nitrogens is 2. The van der Waals surface area contributed by atoms with Gasteiger partial charge in [-0.05, 0) is 30.3 Å². The van der Waals surface area contributed by atoms with Gasteiger partial charge in [0.25, 0.3) is 0 Å². The highest BCUT2D eigenvalue weighted by molar-refractivity contribution is 5.88. The predicted octanol–water partition coefficient (Wildman–Crippen LogP) is 2.07. The molecule has 1 aromatic carbocycles. The second-order valence-corrected chi connectivity index (χ2v) is 5.48. The molecule has 4 heterocycles. The Labute approximate surface area is 140 Å². The van der Waals surface area contributed by atoms with Crippen molar-refractivity contribution in [3.8, 4) is 28.5 Å². The fraction of sp³-hybridized carbons (Fsp3) is 0.0625. The first-order valence-corrected chi connectivity index (χ1v) is 7.56. The molecule has 122 valence electrons. The van der Waals surface area contributed by atoms with Crippen molar-refractivity contribution >= 4 is 16.7 Å². The summed E-state index contributed by atoms with van der Waals surface area (Å²) in [7, 11) is 1.64. The Morgan fingerprint density at radius 3 is 2.84 bits per heavy atom. The van der Waals surface area contributed by atoms with E-state index in [0.29, 0.717) is 17.1 Å². The smallest absolute Gasteiger partial charge is 0.200 e. The molecule has 0 unspecified atom stereocenters. The lowest BCUT2D eigenvalue weighted by Gasteiger charge is -1.99. The molecule has 9 heteroatoms. The van der Waals surface area contributed by atoms with Gasteiger partial charge in [0.15, 0.2) is 17.1 Å². The molecule has 0 bridgehead atoms. The average molecular weight is 332 g/mol. The molecule has 5 aromatic rings. The van der Waals surface area contributed by atoms with Crippen LogP contribution in [0.2, 0.25) is 0 Å². The van der Waals surface area contributed by atoms with Gasteiger partial charge in [-0.2, -0.15) is 10.2 Å². The Kier molecular flexibility index (Phi) is 2.80. The van der Waals surface area contributed by atoms with Crippen molar-refractivity contribution in [1.29, 1.82) is 0 Å². The number of rotatable bonds is 3. The van der Waals surface area contributed by atoms with E-state index in [2.05, 4.69) is 35.5 Å². The first-order chi connectivity index (χ1) is 12.3. The standard InChI is InChI=1S/C16H12N8O/c1-25-10-4-2-9(3-5-10)12-6-13(21-20-12)15-19-16-11-7-18-22-14(11)17-8-24(16)23-15/h2-8H,1H3,(H,18,22)(H,20,21). The summed E-state index contributed by atoms with van der Waals surface area (Å²) in [5.41, 5.74) is 3.88. The summed E-state index contributed by atoms with van der Waals surface area (Å²) in [4.78, 5) is 8.83. The zero-order valence-corrected chi connectivity index (χ0v) is 13.1. The molecule has 0 spiro atoms. The van der Waals surface area contributed by atoms with Gasteiger partial charge in [-0.25, -0.2) is 14.5 Å². The van der Waals surface area contributed by atoms with Crippen molar-refractivity contribution in [1.82, 2.24) is 40.0 Å². The van der Waals surface area contributed by atoms with Crippen LogP contribution in [0.25, 0.3) is 39.5 Å². The van der Waals surface area contributed by atoms with E-state index in [9.17, 15) is 0 Å². The highest BCUT2D eigenvalue weighted by Crippen LogP contribution is 2.25. The third kappa shape index (κ3) is 2.13. The fourth-order valence-electron chi connectivity index (χ4n) is 2.70. The van der Waals surface area contributed by atoms with Crippen molar-refractivity contribution < 1.29 is 4.74 Å². The Balaban J connectivity index is 1.57. The molecular weight excluding hydrogens is 320 g/mol. The van der Waals surface area contributed by atoms with Crippen molar-refractivity contribution in [3.05, 3.63) is 42.9 Å². The van der Waals surface area contributed by atoms with Gasteiger partial charge in [0.1, 0.15) is 17.8 Å². The molecule has 0 saturated heterocycles. The number of nitrogens with one attached hydrogen (secondary N) is 2. The van der Waals surface area contributed by atoms with Crippen LogP contribution in [-0.4, -0.2) is 47.1 Å². The van der Waals surface area contributed by atoms with Crippen LogP contribution in [0.15, 0.2) is 42.9 Å². The van der Waals surface area contributed by atoms with Crippen molar-refractivity contribution in [3.63, 3.8) is 0 Å². The third-order valence-corrected chi connectivity index (χ3v) is 3.99. The summed E-state index contributed by atoms with van der Waals surface area (Å²) in [6.07, 6.45) is 3.29. The molecule has 0 amide bonds. The maximum absolute atomic E-state index is 5.18. The Bertz CT molecular complexity index is 1180. The van der Waals surface area contributed by atoms with Gasteiger partial charge in [0.05, 0.1) is 24.4 Å². The molecule has 5 rings (SSSR count). The van der Waals surface area contributed by atoms with E-state index in [1.165, 1.54) is 0 Å². The summed E-state index contributed by atoms with van der Waals surface area (Å²) >= 11 is 0. The third-order valence-electron chi connectivity index (χ3n) is 3.99. The minimum atomic E-state index is 0.544. The van der Waals surface area contributed by atoms with Crippen LogP contribution in [0.3, 0.4) is 0 Å². The van der Waals surface area contributed by atoms with E-state index >= 15 is 0 Å². The number of ether oxygens (including phenoxy) is 1. The fourth-order valence-corrected chi connectivity index (χ4v) is 2.70. The zero-order valence-electron chi connectivity index (χ0n) is 13.1. The highest BCUT2D eigenvalue weighted by atomic mass is 16.5. The number of aromatic amines is 2. The van der Waals surface area contributed by atoms with Gasteiger partial charge in [-0.1, -0.05) is 0 Å². The Hall–Kier alpha value is -3.75. The molecule has 9 nitrogen and oxygen atoms in total. The monoisotopic (exact) mass is 332 g/mol. The molecule has 25 heavy (non-hydrogen) atoms. The SMILES string of the molecule is COc1ccc(-c2cc(-c3nc4c5cn[nH]c5ncn4n3)[nH]n2)cc1. The van der Waals surface area contributed by atoms with Crippen molar-refractivity contribution in [2.75, 3.05) is 7.11 Å². The molecule has 0 fully saturated rings. The van der Waals surface area contributed by atoms with Crippen LogP contribution in [0.5, 0.6) is 5.75 Å². The van der Waals surface area contributed by atoms with Crippen LogP contribution >= 0.6 is 0 Å². The first-order valence-electron chi connectivity index (χ1n) is 7.56. The van der Waals surface area contributed by atoms with Gasteiger partial charge in [-0.3, -0.25) is 10.2 Å². The molecular formula is C16H12N8O. The van der Waals surface area contributed by atoms with E-state index in [4.69, 9.17) is 4.74 Å². The number of nitrogens with zero attached hydrogens (tertiary/aromatic N) is 6. The normalized spacial score (nSPS) is 11.4. The predicted molar refractivity (Wildman–Crippen MR) is 90.0 cm³/mol. The summed E-state index contributed by atoms with van der Waals surface area (Å²) in [5.74, 6) is 1.35. The summed E-state index contributed by atoms with van der Waals surface area (Å²) in [6.45, 7) is 0. The second-order valence-electron chi connectivity index (χ2n) is 5.48. The van der Waals surface area contributed by atoms with Gasteiger partial charge in [0.2, 0.25) is 0 Å². The molecule has 2 N–H and O–H groups in total. The number of hydrogen-bond acceptors (Lipinski definition) is 6. The average Bonchev–Trinajstić information content (AvgIpc) is 3.38. The molecule has 0 saturated carbocycles. The van der Waals surface area contributed by atoms with Crippen LogP contribution in [-0.2, 0) is 0 Å². The summed E-state index contributed by atoms with van der Waals surface area (Å²) in [5, 5.41) is 19.4. The van der Waals surface area contributed by atoms with Crippen LogP contribution in [0.1, 0.15) is 0 Å². The Morgan fingerprint density at radius 1 is 1.12 bits per heavy atom. The molecule has 0 aliphatic heterocycles. The second kappa shape index (κ2) is 5.13. The van der Waals surface area contributed by atoms with E-state index in [1.807, 2.05) is 30.3 Å². The minimum Gasteiger partial charge on any atom is -0.497 e. The van der Waals surface area contributed by atoms with Crippen molar-refractivity contribution in [2.45, 2.75) is 0 Å².